The number of carbonyl (C=O) groups is 1. The molecule has 4 heteroatoms. The van der Waals surface area contributed by atoms with Crippen LogP contribution in [0.3, 0.4) is 0 Å². The lowest BCUT2D eigenvalue weighted by molar-refractivity contribution is -0.130. The molecule has 0 spiro atoms. The molecule has 1 atom stereocenters. The monoisotopic (exact) mass is 230 g/mol. The first-order chi connectivity index (χ1) is 7.31. The predicted molar refractivity (Wildman–Crippen MR) is 65.9 cm³/mol. The highest BCUT2D eigenvalue weighted by Crippen LogP contribution is 2.22. The fourth-order valence-electron chi connectivity index (χ4n) is 1.32. The van der Waals surface area contributed by atoms with Gasteiger partial charge in [-0.1, -0.05) is 20.8 Å². The van der Waals surface area contributed by atoms with Gasteiger partial charge in [-0.2, -0.15) is 0 Å². The van der Waals surface area contributed by atoms with Crippen molar-refractivity contribution >= 4 is 5.91 Å². The molecule has 0 bridgehead atoms. The first-order valence-corrected chi connectivity index (χ1v) is 5.90. The van der Waals surface area contributed by atoms with Crippen molar-refractivity contribution in [3.8, 4) is 0 Å². The van der Waals surface area contributed by atoms with Crippen molar-refractivity contribution in [1.29, 1.82) is 0 Å². The zero-order valence-electron chi connectivity index (χ0n) is 11.0. The maximum absolute atomic E-state index is 11.9. The molecule has 0 aliphatic carbocycles. The second kappa shape index (κ2) is 6.21. The Morgan fingerprint density at radius 2 is 1.94 bits per heavy atom. The summed E-state index contributed by atoms with van der Waals surface area (Å²) in [5.74, 6) is 0.00325. The fourth-order valence-corrected chi connectivity index (χ4v) is 1.32. The number of rotatable bonds is 7. The minimum atomic E-state index is -0.477. The van der Waals surface area contributed by atoms with Crippen molar-refractivity contribution in [2.24, 2.45) is 16.6 Å². The summed E-state index contributed by atoms with van der Waals surface area (Å²) < 4.78 is 0. The molecule has 0 aromatic carbocycles. The minimum absolute atomic E-state index is 0.00325. The largest absolute Gasteiger partial charge is 0.396 e. The third kappa shape index (κ3) is 4.49. The molecule has 0 aromatic heterocycles. The van der Waals surface area contributed by atoms with Crippen molar-refractivity contribution in [2.75, 3.05) is 19.7 Å². The van der Waals surface area contributed by atoms with E-state index in [0.29, 0.717) is 19.5 Å². The average Bonchev–Trinajstić information content (AvgIpc) is 2.24. The molecule has 0 saturated carbocycles. The van der Waals surface area contributed by atoms with Gasteiger partial charge in [0.1, 0.15) is 0 Å². The summed E-state index contributed by atoms with van der Waals surface area (Å²) >= 11 is 0. The number of aliphatic hydroxyl groups is 1. The van der Waals surface area contributed by atoms with Gasteiger partial charge in [-0.15, -0.1) is 0 Å². The van der Waals surface area contributed by atoms with Gasteiger partial charge in [0.15, 0.2) is 0 Å². The van der Waals surface area contributed by atoms with Gasteiger partial charge in [-0.3, -0.25) is 4.79 Å². The van der Waals surface area contributed by atoms with E-state index < -0.39 is 5.41 Å². The minimum Gasteiger partial charge on any atom is -0.396 e. The topological polar surface area (TPSA) is 75.4 Å². The maximum Gasteiger partial charge on any atom is 0.227 e. The zero-order chi connectivity index (χ0) is 12.8. The van der Waals surface area contributed by atoms with Crippen molar-refractivity contribution in [2.45, 2.75) is 40.5 Å². The van der Waals surface area contributed by atoms with E-state index in [9.17, 15) is 4.79 Å². The number of aliphatic hydroxyl groups excluding tert-OH is 1. The third-order valence-electron chi connectivity index (χ3n) is 3.30. The molecule has 0 saturated heterocycles. The maximum atomic E-state index is 11.9. The van der Waals surface area contributed by atoms with Crippen LogP contribution in [0, 0.1) is 10.8 Å². The molecule has 0 aliphatic heterocycles. The molecule has 0 aromatic rings. The van der Waals surface area contributed by atoms with Crippen molar-refractivity contribution in [3.63, 3.8) is 0 Å². The Morgan fingerprint density at radius 3 is 2.31 bits per heavy atom. The van der Waals surface area contributed by atoms with Crippen LogP contribution in [0.1, 0.15) is 40.5 Å². The lowest BCUT2D eigenvalue weighted by Crippen LogP contribution is -2.46. The smallest absolute Gasteiger partial charge is 0.227 e. The van der Waals surface area contributed by atoms with Crippen LogP contribution in [0.5, 0.6) is 0 Å². The number of nitrogens with one attached hydrogen (secondary N) is 1. The van der Waals surface area contributed by atoms with Crippen LogP contribution in [0.4, 0.5) is 0 Å². The Labute approximate surface area is 98.6 Å². The van der Waals surface area contributed by atoms with Gasteiger partial charge in [-0.05, 0) is 25.2 Å². The van der Waals surface area contributed by atoms with E-state index in [2.05, 4.69) is 5.32 Å². The van der Waals surface area contributed by atoms with Crippen LogP contribution in [0.15, 0.2) is 0 Å². The highest BCUT2D eigenvalue weighted by atomic mass is 16.3. The van der Waals surface area contributed by atoms with E-state index in [1.165, 1.54) is 0 Å². The summed E-state index contributed by atoms with van der Waals surface area (Å²) in [4.78, 5) is 11.9. The molecule has 0 radical (unpaired) electrons. The average molecular weight is 230 g/mol. The van der Waals surface area contributed by atoms with E-state index >= 15 is 0 Å². The number of hydrogen-bond donors (Lipinski definition) is 3. The van der Waals surface area contributed by atoms with E-state index in [1.807, 2.05) is 27.7 Å². The SMILES string of the molecule is CCC(C)(CN)C(=O)NCC(C)(C)CCO. The number of amides is 1. The fraction of sp³-hybridized carbons (Fsp3) is 0.917. The van der Waals surface area contributed by atoms with E-state index in [4.69, 9.17) is 10.8 Å². The molecule has 96 valence electrons. The van der Waals surface area contributed by atoms with Crippen LogP contribution in [-0.4, -0.2) is 30.7 Å². The molecule has 0 heterocycles. The third-order valence-corrected chi connectivity index (χ3v) is 3.30. The van der Waals surface area contributed by atoms with E-state index in [1.54, 1.807) is 0 Å². The van der Waals surface area contributed by atoms with Crippen molar-refractivity contribution in [1.82, 2.24) is 5.32 Å². The van der Waals surface area contributed by atoms with Gasteiger partial charge < -0.3 is 16.2 Å². The van der Waals surface area contributed by atoms with E-state index in [0.717, 1.165) is 6.42 Å². The highest BCUT2D eigenvalue weighted by Gasteiger charge is 2.30. The molecule has 16 heavy (non-hydrogen) atoms. The zero-order valence-corrected chi connectivity index (χ0v) is 11.0. The highest BCUT2D eigenvalue weighted by molar-refractivity contribution is 5.82. The summed E-state index contributed by atoms with van der Waals surface area (Å²) in [5.41, 5.74) is 5.06. The Kier molecular flexibility index (Phi) is 5.97. The number of nitrogens with two attached hydrogens (primary N) is 1. The Bertz CT molecular complexity index is 223. The van der Waals surface area contributed by atoms with Crippen LogP contribution in [-0.2, 0) is 4.79 Å². The molecular weight excluding hydrogens is 204 g/mol. The number of hydrogen-bond acceptors (Lipinski definition) is 3. The number of carbonyl (C=O) groups excluding carboxylic acids is 1. The van der Waals surface area contributed by atoms with Crippen LogP contribution in [0.2, 0.25) is 0 Å². The first-order valence-electron chi connectivity index (χ1n) is 5.90. The standard InChI is InChI=1S/C12H26N2O2/c1-5-12(4,8-13)10(16)14-9-11(2,3)6-7-15/h15H,5-9,13H2,1-4H3,(H,14,16). The van der Waals surface area contributed by atoms with Gasteiger partial charge in [0.25, 0.3) is 0 Å². The molecule has 1 unspecified atom stereocenters. The molecular formula is C12H26N2O2. The molecule has 4 N–H and O–H groups in total. The van der Waals surface area contributed by atoms with Gasteiger partial charge in [-0.25, -0.2) is 0 Å². The molecule has 0 fully saturated rings. The van der Waals surface area contributed by atoms with Crippen LogP contribution < -0.4 is 11.1 Å². The van der Waals surface area contributed by atoms with E-state index in [-0.39, 0.29) is 17.9 Å². The summed E-state index contributed by atoms with van der Waals surface area (Å²) in [6.07, 6.45) is 1.41. The molecule has 4 nitrogen and oxygen atoms in total. The normalized spacial score (nSPS) is 15.6. The molecule has 0 aliphatic rings. The Hall–Kier alpha value is -0.610. The summed E-state index contributed by atoms with van der Waals surface area (Å²) in [6, 6.07) is 0. The lowest BCUT2D eigenvalue weighted by atomic mass is 9.85. The van der Waals surface area contributed by atoms with Crippen molar-refractivity contribution in [3.05, 3.63) is 0 Å². The van der Waals surface area contributed by atoms with Gasteiger partial charge in [0.2, 0.25) is 5.91 Å². The Balaban J connectivity index is 4.26. The predicted octanol–water partition coefficient (Wildman–Crippen LogP) is 0.886. The quantitative estimate of drug-likeness (QED) is 0.608. The summed E-state index contributed by atoms with van der Waals surface area (Å²) in [7, 11) is 0. The molecule has 1 amide bonds. The van der Waals surface area contributed by atoms with Gasteiger partial charge in [0.05, 0.1) is 5.41 Å². The Morgan fingerprint density at radius 1 is 1.38 bits per heavy atom. The summed E-state index contributed by atoms with van der Waals surface area (Å²) in [5, 5.41) is 11.8. The second-order valence-corrected chi connectivity index (χ2v) is 5.44. The first kappa shape index (κ1) is 15.4. The molecule has 0 rings (SSSR count). The lowest BCUT2D eigenvalue weighted by Gasteiger charge is -2.29. The van der Waals surface area contributed by atoms with Gasteiger partial charge >= 0.3 is 0 Å². The van der Waals surface area contributed by atoms with Gasteiger partial charge in [0, 0.05) is 19.7 Å². The van der Waals surface area contributed by atoms with Crippen LogP contribution >= 0.6 is 0 Å². The van der Waals surface area contributed by atoms with Crippen molar-refractivity contribution < 1.29 is 9.90 Å². The van der Waals surface area contributed by atoms with Crippen LogP contribution in [0.25, 0.3) is 0 Å². The second-order valence-electron chi connectivity index (χ2n) is 5.44. The summed E-state index contributed by atoms with van der Waals surface area (Å²) in [6.45, 7) is 8.96.